The van der Waals surface area contributed by atoms with Crippen LogP contribution in [0, 0.1) is 5.82 Å². The lowest BCUT2D eigenvalue weighted by Crippen LogP contribution is -2.19. The van der Waals surface area contributed by atoms with Crippen LogP contribution in [0.1, 0.15) is 5.56 Å². The Kier molecular flexibility index (Phi) is 5.17. The maximum atomic E-state index is 14.5. The van der Waals surface area contributed by atoms with Gasteiger partial charge in [0, 0.05) is 24.2 Å². The second-order valence-electron chi connectivity index (χ2n) is 5.29. The summed E-state index contributed by atoms with van der Waals surface area (Å²) in [5.41, 5.74) is 1.08. The minimum Gasteiger partial charge on any atom is -0.464 e. The number of anilines is 1. The predicted octanol–water partition coefficient (Wildman–Crippen LogP) is 2.96. The lowest BCUT2D eigenvalue weighted by molar-refractivity contribution is 0.197. The van der Waals surface area contributed by atoms with Crippen LogP contribution in [0.3, 0.4) is 0 Å². The first-order valence-electron chi connectivity index (χ1n) is 7.66. The molecule has 0 aliphatic carbocycles. The first-order valence-corrected chi connectivity index (χ1v) is 8.89. The van der Waals surface area contributed by atoms with Crippen LogP contribution in [0.15, 0.2) is 46.8 Å². The molecule has 134 valence electrons. The number of hydrogen-bond donors (Lipinski definition) is 2. The highest BCUT2D eigenvalue weighted by atomic mass is 32.2. The third kappa shape index (κ3) is 3.38. The van der Waals surface area contributed by atoms with Gasteiger partial charge in [0.25, 0.3) is 0 Å². The highest BCUT2D eigenvalue weighted by Gasteiger charge is 2.11. The Balaban J connectivity index is 2.13. The Morgan fingerprint density at radius 1 is 1.42 bits per heavy atom. The normalized spacial score (nSPS) is 11.7. The molecule has 2 N–H and O–H groups in total. The summed E-state index contributed by atoms with van der Waals surface area (Å²) in [6, 6.07) is 6.65. The quantitative estimate of drug-likeness (QED) is 0.540. The van der Waals surface area contributed by atoms with Gasteiger partial charge in [-0.1, -0.05) is 30.0 Å². The van der Waals surface area contributed by atoms with Crippen molar-refractivity contribution in [3.8, 4) is 0 Å². The molecule has 0 aliphatic heterocycles. The fraction of sp³-hybridized carbons (Fsp3) is 0.176. The highest BCUT2D eigenvalue weighted by molar-refractivity contribution is 7.98. The average molecular weight is 373 g/mol. The number of hydrogen-bond acceptors (Lipinski definition) is 6. The number of benzene rings is 1. The van der Waals surface area contributed by atoms with Crippen molar-refractivity contribution in [3.05, 3.63) is 53.4 Å². The molecule has 1 aromatic carbocycles. The number of halogens is 1. The molecule has 0 aliphatic rings. The van der Waals surface area contributed by atoms with Crippen LogP contribution in [0.4, 0.5) is 15.0 Å². The Labute approximate surface area is 152 Å². The summed E-state index contributed by atoms with van der Waals surface area (Å²) in [6.45, 7) is 0.156. The minimum absolute atomic E-state index is 0.106. The Morgan fingerprint density at radius 2 is 2.19 bits per heavy atom. The van der Waals surface area contributed by atoms with Gasteiger partial charge >= 0.3 is 6.09 Å². The van der Waals surface area contributed by atoms with Gasteiger partial charge in [-0.3, -0.25) is 4.99 Å². The maximum Gasteiger partial charge on any atom is 0.416 e. The zero-order chi connectivity index (χ0) is 18.7. The van der Waals surface area contributed by atoms with Gasteiger partial charge in [-0.05, 0) is 12.3 Å². The SMILES string of the molecule is CNc1nc(SC)ncc1CN=c1c(F)cn(C(=O)O)c2ccccc12. The zero-order valence-corrected chi connectivity index (χ0v) is 14.9. The van der Waals surface area contributed by atoms with Crippen LogP contribution in [0.25, 0.3) is 10.9 Å². The van der Waals surface area contributed by atoms with Crippen LogP contribution in [0.5, 0.6) is 0 Å². The van der Waals surface area contributed by atoms with E-state index in [0.717, 1.165) is 10.8 Å². The number of para-hydroxylation sites is 1. The first-order chi connectivity index (χ1) is 12.5. The number of thioether (sulfide) groups is 1. The number of carboxylic acid groups (broad SMARTS) is 1. The number of nitrogens with one attached hydrogen (secondary N) is 1. The molecular formula is C17H16FN5O2S. The van der Waals surface area contributed by atoms with E-state index in [9.17, 15) is 14.3 Å². The molecule has 2 heterocycles. The molecule has 7 nitrogen and oxygen atoms in total. The molecule has 3 rings (SSSR count). The van der Waals surface area contributed by atoms with E-state index in [4.69, 9.17) is 0 Å². The molecule has 0 saturated heterocycles. The number of fused-ring (bicyclic) bond motifs is 1. The summed E-state index contributed by atoms with van der Waals surface area (Å²) in [7, 11) is 1.74. The minimum atomic E-state index is -1.26. The number of pyridine rings is 1. The standard InChI is InChI=1S/C17H16FN5O2S/c1-19-15-10(8-21-16(22-15)26-2)7-20-14-11-5-3-4-6-13(11)23(17(24)25)9-12(14)18/h3-6,8-9H,7H2,1-2H3,(H,24,25)(H,19,21,22). The predicted molar refractivity (Wildman–Crippen MR) is 97.9 cm³/mol. The number of carbonyl (C=O) groups is 1. The third-order valence-electron chi connectivity index (χ3n) is 3.76. The molecule has 26 heavy (non-hydrogen) atoms. The largest absolute Gasteiger partial charge is 0.464 e. The lowest BCUT2D eigenvalue weighted by Gasteiger charge is -2.09. The van der Waals surface area contributed by atoms with E-state index in [-0.39, 0.29) is 11.9 Å². The van der Waals surface area contributed by atoms with Crippen LogP contribution in [0.2, 0.25) is 0 Å². The summed E-state index contributed by atoms with van der Waals surface area (Å²) >= 11 is 1.42. The second-order valence-corrected chi connectivity index (χ2v) is 6.07. The monoisotopic (exact) mass is 373 g/mol. The van der Waals surface area contributed by atoms with E-state index in [1.807, 2.05) is 6.26 Å². The molecule has 9 heteroatoms. The molecule has 0 fully saturated rings. The molecule has 0 radical (unpaired) electrons. The average Bonchev–Trinajstić information content (AvgIpc) is 2.66. The van der Waals surface area contributed by atoms with E-state index >= 15 is 0 Å². The van der Waals surface area contributed by atoms with Gasteiger partial charge in [-0.15, -0.1) is 0 Å². The van der Waals surface area contributed by atoms with Crippen LogP contribution in [-0.2, 0) is 6.54 Å². The van der Waals surface area contributed by atoms with Crippen molar-refractivity contribution < 1.29 is 14.3 Å². The molecule has 0 spiro atoms. The van der Waals surface area contributed by atoms with Gasteiger partial charge in [0.15, 0.2) is 11.0 Å². The topological polar surface area (TPSA) is 92.4 Å². The summed E-state index contributed by atoms with van der Waals surface area (Å²) in [6.07, 6.45) is 3.19. The second kappa shape index (κ2) is 7.52. The summed E-state index contributed by atoms with van der Waals surface area (Å²) in [5, 5.41) is 13.4. The van der Waals surface area contributed by atoms with E-state index in [1.54, 1.807) is 37.5 Å². The van der Waals surface area contributed by atoms with Gasteiger partial charge in [-0.25, -0.2) is 23.7 Å². The number of aromatic nitrogens is 3. The van der Waals surface area contributed by atoms with Crippen molar-refractivity contribution in [2.45, 2.75) is 11.7 Å². The molecule has 0 unspecified atom stereocenters. The van der Waals surface area contributed by atoms with Crippen LogP contribution in [-0.4, -0.2) is 39.0 Å². The molecule has 0 atom stereocenters. The molecular weight excluding hydrogens is 357 g/mol. The van der Waals surface area contributed by atoms with Gasteiger partial charge in [0.1, 0.15) is 11.2 Å². The van der Waals surface area contributed by atoms with E-state index in [0.29, 0.717) is 27.4 Å². The van der Waals surface area contributed by atoms with E-state index in [2.05, 4.69) is 20.3 Å². The number of rotatable bonds is 4. The molecule has 2 aromatic heterocycles. The molecule has 0 saturated carbocycles. The van der Waals surface area contributed by atoms with Crippen molar-refractivity contribution >= 4 is 34.6 Å². The van der Waals surface area contributed by atoms with Crippen molar-refractivity contribution in [2.75, 3.05) is 18.6 Å². The number of nitrogens with zero attached hydrogens (tertiary/aromatic N) is 4. The molecule has 0 amide bonds. The Hall–Kier alpha value is -2.94. The van der Waals surface area contributed by atoms with E-state index < -0.39 is 11.9 Å². The lowest BCUT2D eigenvalue weighted by atomic mass is 10.2. The summed E-state index contributed by atoms with van der Waals surface area (Å²) in [4.78, 5) is 24.3. The zero-order valence-electron chi connectivity index (χ0n) is 14.1. The van der Waals surface area contributed by atoms with Crippen LogP contribution < -0.4 is 10.7 Å². The van der Waals surface area contributed by atoms with Gasteiger partial charge < -0.3 is 10.4 Å². The maximum absolute atomic E-state index is 14.5. The fourth-order valence-electron chi connectivity index (χ4n) is 2.56. The van der Waals surface area contributed by atoms with Crippen molar-refractivity contribution in [1.82, 2.24) is 14.5 Å². The molecule has 0 bridgehead atoms. The van der Waals surface area contributed by atoms with Gasteiger partial charge in [0.05, 0.1) is 18.3 Å². The van der Waals surface area contributed by atoms with Gasteiger partial charge in [-0.2, -0.15) is 0 Å². The smallest absolute Gasteiger partial charge is 0.416 e. The first kappa shape index (κ1) is 17.9. The third-order valence-corrected chi connectivity index (χ3v) is 4.32. The Bertz CT molecular complexity index is 1050. The van der Waals surface area contributed by atoms with Crippen molar-refractivity contribution in [1.29, 1.82) is 0 Å². The van der Waals surface area contributed by atoms with E-state index in [1.165, 1.54) is 11.8 Å². The summed E-state index contributed by atoms with van der Waals surface area (Å²) in [5.74, 6) is -0.0897. The highest BCUT2D eigenvalue weighted by Crippen LogP contribution is 2.17. The van der Waals surface area contributed by atoms with Gasteiger partial charge in [0.2, 0.25) is 0 Å². The van der Waals surface area contributed by atoms with Crippen molar-refractivity contribution in [3.63, 3.8) is 0 Å². The van der Waals surface area contributed by atoms with Crippen molar-refractivity contribution in [2.24, 2.45) is 4.99 Å². The summed E-state index contributed by atoms with van der Waals surface area (Å²) < 4.78 is 15.4. The molecule has 3 aromatic rings. The Morgan fingerprint density at radius 3 is 2.88 bits per heavy atom. The van der Waals surface area contributed by atoms with Crippen LogP contribution >= 0.6 is 11.8 Å². The fourth-order valence-corrected chi connectivity index (χ4v) is 2.90.